The fourth-order valence-electron chi connectivity index (χ4n) is 0.222. The summed E-state index contributed by atoms with van der Waals surface area (Å²) in [5.41, 5.74) is 0. The number of hydrogen-bond donors (Lipinski definition) is 1. The Morgan fingerprint density at radius 3 is 2.88 bits per heavy atom. The van der Waals surface area contributed by atoms with Crippen molar-refractivity contribution < 1.29 is 9.53 Å². The second kappa shape index (κ2) is 4.71. The van der Waals surface area contributed by atoms with Crippen molar-refractivity contribution in [3.63, 3.8) is 0 Å². The van der Waals surface area contributed by atoms with Crippen LogP contribution >= 0.6 is 11.8 Å². The summed E-state index contributed by atoms with van der Waals surface area (Å²) >= 11 is 4.86. The minimum Gasteiger partial charge on any atom is -0.449 e. The predicted molar refractivity (Wildman–Crippen MR) is 30.6 cm³/mol. The molecule has 0 atom stereocenters. The smallest absolute Gasteiger partial charge is 0.421 e. The molecular formula is C4H8ClNO2. The van der Waals surface area contributed by atoms with Crippen molar-refractivity contribution in [2.75, 3.05) is 6.61 Å². The molecular weight excluding hydrogens is 130 g/mol. The first-order valence-electron chi connectivity index (χ1n) is 2.34. The second-order valence-electron chi connectivity index (χ2n) is 1.23. The number of amides is 1. The maximum atomic E-state index is 10.1. The highest BCUT2D eigenvalue weighted by Crippen LogP contribution is 1.81. The molecule has 0 fully saturated rings. The van der Waals surface area contributed by atoms with Crippen molar-refractivity contribution in [3.05, 3.63) is 0 Å². The lowest BCUT2D eigenvalue weighted by Gasteiger charge is -1.96. The number of rotatable bonds is 2. The fourth-order valence-corrected chi connectivity index (χ4v) is 0.277. The Labute approximate surface area is 53.1 Å². The van der Waals surface area contributed by atoms with Crippen LogP contribution in [0.5, 0.6) is 0 Å². The Morgan fingerprint density at radius 2 is 2.50 bits per heavy atom. The maximum absolute atomic E-state index is 10.1. The summed E-state index contributed by atoms with van der Waals surface area (Å²) in [5, 5.41) is 0. The molecule has 3 nitrogen and oxygen atoms in total. The van der Waals surface area contributed by atoms with E-state index >= 15 is 0 Å². The molecule has 4 heteroatoms. The lowest BCUT2D eigenvalue weighted by molar-refractivity contribution is 0.153. The van der Waals surface area contributed by atoms with E-state index in [1.165, 1.54) is 0 Å². The summed E-state index contributed by atoms with van der Waals surface area (Å²) < 4.78 is 4.46. The molecule has 8 heavy (non-hydrogen) atoms. The van der Waals surface area contributed by atoms with E-state index in [1.807, 2.05) is 11.8 Å². The predicted octanol–water partition coefficient (Wildman–Crippen LogP) is 1.28. The van der Waals surface area contributed by atoms with E-state index in [9.17, 15) is 4.79 Å². The molecule has 0 radical (unpaired) electrons. The molecule has 0 saturated carbocycles. The summed E-state index contributed by atoms with van der Waals surface area (Å²) in [4.78, 5) is 11.9. The number of carbonyl (C=O) groups is 1. The van der Waals surface area contributed by atoms with Crippen LogP contribution in [0.15, 0.2) is 0 Å². The normalized spacial score (nSPS) is 8.25. The van der Waals surface area contributed by atoms with Gasteiger partial charge < -0.3 is 4.74 Å². The number of carbonyl (C=O) groups excluding carboxylic acids is 1. The first-order chi connectivity index (χ1) is 3.81. The van der Waals surface area contributed by atoms with Crippen LogP contribution in [0.2, 0.25) is 0 Å². The van der Waals surface area contributed by atoms with Crippen molar-refractivity contribution in [2.24, 2.45) is 0 Å². The fraction of sp³-hybridized carbons (Fsp3) is 0.750. The van der Waals surface area contributed by atoms with Gasteiger partial charge in [0, 0.05) is 11.8 Å². The molecule has 0 aromatic carbocycles. The Hall–Kier alpha value is -0.440. The molecule has 0 bridgehead atoms. The van der Waals surface area contributed by atoms with Crippen LogP contribution in [-0.4, -0.2) is 12.7 Å². The van der Waals surface area contributed by atoms with Gasteiger partial charge in [-0.05, 0) is 6.42 Å². The molecule has 0 aliphatic rings. The summed E-state index contributed by atoms with van der Waals surface area (Å²) in [5.74, 6) is 0. The SMILES string of the molecule is CCCOC(=O)NCl. The first-order valence-corrected chi connectivity index (χ1v) is 2.72. The minimum absolute atomic E-state index is 0.415. The third-order valence-electron chi connectivity index (χ3n) is 0.514. The number of halogens is 1. The largest absolute Gasteiger partial charge is 0.449 e. The van der Waals surface area contributed by atoms with Gasteiger partial charge in [0.05, 0.1) is 6.61 Å². The first kappa shape index (κ1) is 7.56. The second-order valence-corrected chi connectivity index (χ2v) is 1.42. The Balaban J connectivity index is 2.99. The zero-order chi connectivity index (χ0) is 6.41. The van der Waals surface area contributed by atoms with Gasteiger partial charge >= 0.3 is 6.09 Å². The van der Waals surface area contributed by atoms with Gasteiger partial charge in [-0.15, -0.1) is 0 Å². The average Bonchev–Trinajstić information content (AvgIpc) is 1.83. The van der Waals surface area contributed by atoms with Crippen LogP contribution in [0.4, 0.5) is 4.79 Å². The third-order valence-corrected chi connectivity index (χ3v) is 0.669. The van der Waals surface area contributed by atoms with E-state index in [4.69, 9.17) is 11.8 Å². The third kappa shape index (κ3) is 3.74. The highest BCUT2D eigenvalue weighted by atomic mass is 35.5. The molecule has 48 valence electrons. The highest BCUT2D eigenvalue weighted by molar-refractivity contribution is 6.20. The van der Waals surface area contributed by atoms with Crippen molar-refractivity contribution >= 4 is 17.9 Å². The molecule has 0 saturated heterocycles. The summed E-state index contributed by atoms with van der Waals surface area (Å²) in [6, 6.07) is 0. The van der Waals surface area contributed by atoms with Crippen molar-refractivity contribution in [1.82, 2.24) is 4.84 Å². The standard InChI is InChI=1S/C4H8ClNO2/c1-2-3-8-4(7)6-5/h2-3H2,1H3,(H,6,7). The van der Waals surface area contributed by atoms with Crippen LogP contribution in [-0.2, 0) is 4.74 Å². The topological polar surface area (TPSA) is 38.3 Å². The van der Waals surface area contributed by atoms with Gasteiger partial charge in [0.15, 0.2) is 0 Å². The lowest BCUT2D eigenvalue weighted by Crippen LogP contribution is -2.14. The molecule has 0 unspecified atom stereocenters. The molecule has 0 aromatic heterocycles. The molecule has 1 N–H and O–H groups in total. The van der Waals surface area contributed by atoms with E-state index in [0.717, 1.165) is 6.42 Å². The van der Waals surface area contributed by atoms with Gasteiger partial charge in [-0.3, -0.25) is 0 Å². The monoisotopic (exact) mass is 137 g/mol. The maximum Gasteiger partial charge on any atom is 0.421 e. The summed E-state index contributed by atoms with van der Waals surface area (Å²) in [6.45, 7) is 2.32. The van der Waals surface area contributed by atoms with Crippen LogP contribution in [0.3, 0.4) is 0 Å². The zero-order valence-electron chi connectivity index (χ0n) is 4.61. The Bertz CT molecular complexity index is 76.4. The molecule has 0 spiro atoms. The van der Waals surface area contributed by atoms with E-state index < -0.39 is 6.09 Å². The summed E-state index contributed by atoms with van der Waals surface area (Å²) in [7, 11) is 0. The molecule has 0 rings (SSSR count). The molecule has 1 amide bonds. The Kier molecular flexibility index (Phi) is 4.45. The van der Waals surface area contributed by atoms with Gasteiger partial charge in [-0.2, -0.15) is 0 Å². The zero-order valence-corrected chi connectivity index (χ0v) is 5.36. The summed E-state index contributed by atoms with van der Waals surface area (Å²) in [6.07, 6.45) is 0.220. The molecule has 0 aromatic rings. The van der Waals surface area contributed by atoms with Crippen LogP contribution < -0.4 is 4.84 Å². The van der Waals surface area contributed by atoms with Crippen molar-refractivity contribution in [1.29, 1.82) is 0 Å². The van der Waals surface area contributed by atoms with Gasteiger partial charge in [-0.25, -0.2) is 9.63 Å². The van der Waals surface area contributed by atoms with Gasteiger partial charge in [0.2, 0.25) is 0 Å². The van der Waals surface area contributed by atoms with Gasteiger partial charge in [0.25, 0.3) is 0 Å². The van der Waals surface area contributed by atoms with Gasteiger partial charge in [0.1, 0.15) is 0 Å². The molecule has 0 aliphatic carbocycles. The van der Waals surface area contributed by atoms with Crippen molar-refractivity contribution in [3.8, 4) is 0 Å². The average molecular weight is 138 g/mol. The quantitative estimate of drug-likeness (QED) is 0.583. The van der Waals surface area contributed by atoms with Gasteiger partial charge in [-0.1, -0.05) is 6.92 Å². The van der Waals surface area contributed by atoms with Crippen LogP contribution in [0.25, 0.3) is 0 Å². The molecule has 0 heterocycles. The highest BCUT2D eigenvalue weighted by Gasteiger charge is 1.93. The van der Waals surface area contributed by atoms with Crippen LogP contribution in [0, 0.1) is 0 Å². The van der Waals surface area contributed by atoms with E-state index in [2.05, 4.69) is 4.74 Å². The van der Waals surface area contributed by atoms with Crippen LogP contribution in [0.1, 0.15) is 13.3 Å². The number of hydrogen-bond acceptors (Lipinski definition) is 2. The Morgan fingerprint density at radius 1 is 1.88 bits per heavy atom. The van der Waals surface area contributed by atoms with E-state index in [0.29, 0.717) is 6.61 Å². The van der Waals surface area contributed by atoms with Crippen molar-refractivity contribution in [2.45, 2.75) is 13.3 Å². The lowest BCUT2D eigenvalue weighted by atomic mass is 10.5. The number of nitrogens with one attached hydrogen (secondary N) is 1. The van der Waals surface area contributed by atoms with E-state index in [-0.39, 0.29) is 0 Å². The molecule has 0 aliphatic heterocycles. The minimum atomic E-state index is -0.589. The van der Waals surface area contributed by atoms with E-state index in [1.54, 1.807) is 0 Å². The number of ether oxygens (including phenoxy) is 1.